The van der Waals surface area contributed by atoms with E-state index in [9.17, 15) is 4.79 Å². The first-order valence-corrected chi connectivity index (χ1v) is 5.26. The molecule has 1 aliphatic heterocycles. The van der Waals surface area contributed by atoms with Crippen LogP contribution in [-0.4, -0.2) is 48.7 Å². The summed E-state index contributed by atoms with van der Waals surface area (Å²) in [6.07, 6.45) is 2.33. The molecule has 0 amide bonds. The second kappa shape index (κ2) is 5.32. The highest BCUT2D eigenvalue weighted by atomic mass is 16.4. The molecule has 1 saturated heterocycles. The maximum atomic E-state index is 10.8. The van der Waals surface area contributed by atoms with Crippen LogP contribution in [0.15, 0.2) is 0 Å². The Balaban J connectivity index is 2.43. The minimum Gasteiger partial charge on any atom is -0.480 e. The molecule has 82 valence electrons. The van der Waals surface area contributed by atoms with E-state index in [1.807, 2.05) is 7.05 Å². The predicted octanol–water partition coefficient (Wildman–Crippen LogP) is 0.391. The molecule has 14 heavy (non-hydrogen) atoms. The van der Waals surface area contributed by atoms with Gasteiger partial charge in [0.2, 0.25) is 0 Å². The van der Waals surface area contributed by atoms with E-state index in [2.05, 4.69) is 10.2 Å². The molecule has 0 aliphatic carbocycles. The molecule has 1 aliphatic rings. The smallest absolute Gasteiger partial charge is 0.320 e. The van der Waals surface area contributed by atoms with E-state index in [-0.39, 0.29) is 6.04 Å². The molecule has 1 fully saturated rings. The van der Waals surface area contributed by atoms with Crippen molar-refractivity contribution in [3.8, 4) is 0 Å². The SMILES string of the molecule is CNCC1CCCN(C(C)C(=O)O)C1. The average molecular weight is 200 g/mol. The fourth-order valence-corrected chi connectivity index (χ4v) is 2.06. The molecule has 1 heterocycles. The molecule has 0 saturated carbocycles. The van der Waals surface area contributed by atoms with Gasteiger partial charge < -0.3 is 10.4 Å². The number of likely N-dealkylation sites (tertiary alicyclic amines) is 1. The fraction of sp³-hybridized carbons (Fsp3) is 0.900. The molecule has 0 spiro atoms. The van der Waals surface area contributed by atoms with Gasteiger partial charge in [0, 0.05) is 6.54 Å². The normalized spacial score (nSPS) is 26.0. The third-order valence-electron chi connectivity index (χ3n) is 2.95. The molecule has 2 atom stereocenters. The van der Waals surface area contributed by atoms with Crippen molar-refractivity contribution in [2.24, 2.45) is 5.92 Å². The third-order valence-corrected chi connectivity index (χ3v) is 2.95. The number of nitrogens with zero attached hydrogens (tertiary/aromatic N) is 1. The highest BCUT2D eigenvalue weighted by Crippen LogP contribution is 2.17. The van der Waals surface area contributed by atoms with E-state index in [4.69, 9.17) is 5.11 Å². The lowest BCUT2D eigenvalue weighted by Gasteiger charge is -2.34. The number of rotatable bonds is 4. The molecule has 4 nitrogen and oxygen atoms in total. The van der Waals surface area contributed by atoms with Gasteiger partial charge in [-0.05, 0) is 45.8 Å². The molecule has 0 aromatic heterocycles. The number of hydrogen-bond donors (Lipinski definition) is 2. The summed E-state index contributed by atoms with van der Waals surface area (Å²) in [5.74, 6) is -0.106. The summed E-state index contributed by atoms with van der Waals surface area (Å²) >= 11 is 0. The van der Waals surface area contributed by atoms with Crippen molar-refractivity contribution in [3.63, 3.8) is 0 Å². The van der Waals surface area contributed by atoms with Gasteiger partial charge in [-0.3, -0.25) is 9.69 Å². The molecule has 0 radical (unpaired) electrons. The molecular weight excluding hydrogens is 180 g/mol. The number of hydrogen-bond acceptors (Lipinski definition) is 3. The molecule has 0 bridgehead atoms. The second-order valence-corrected chi connectivity index (χ2v) is 4.08. The number of aliphatic carboxylic acids is 1. The number of carboxylic acid groups (broad SMARTS) is 1. The quantitative estimate of drug-likeness (QED) is 0.689. The Hall–Kier alpha value is -0.610. The van der Waals surface area contributed by atoms with Crippen molar-refractivity contribution in [1.82, 2.24) is 10.2 Å². The van der Waals surface area contributed by atoms with Gasteiger partial charge in [-0.25, -0.2) is 0 Å². The van der Waals surface area contributed by atoms with Gasteiger partial charge in [0.15, 0.2) is 0 Å². The highest BCUT2D eigenvalue weighted by Gasteiger charge is 2.26. The van der Waals surface area contributed by atoms with Gasteiger partial charge >= 0.3 is 5.97 Å². The lowest BCUT2D eigenvalue weighted by Crippen LogP contribution is -2.46. The molecule has 4 heteroatoms. The topological polar surface area (TPSA) is 52.6 Å². The summed E-state index contributed by atoms with van der Waals surface area (Å²) in [6, 6.07) is -0.338. The van der Waals surface area contributed by atoms with Crippen LogP contribution in [-0.2, 0) is 4.79 Å². The van der Waals surface area contributed by atoms with Crippen LogP contribution in [0.2, 0.25) is 0 Å². The fourth-order valence-electron chi connectivity index (χ4n) is 2.06. The maximum Gasteiger partial charge on any atom is 0.320 e. The maximum absolute atomic E-state index is 10.8. The summed E-state index contributed by atoms with van der Waals surface area (Å²) in [5.41, 5.74) is 0. The van der Waals surface area contributed by atoms with Crippen molar-refractivity contribution < 1.29 is 9.90 Å². The minimum atomic E-state index is -0.713. The van der Waals surface area contributed by atoms with E-state index < -0.39 is 5.97 Å². The van der Waals surface area contributed by atoms with Crippen molar-refractivity contribution in [2.45, 2.75) is 25.8 Å². The van der Waals surface area contributed by atoms with Crippen molar-refractivity contribution in [1.29, 1.82) is 0 Å². The third kappa shape index (κ3) is 2.96. The van der Waals surface area contributed by atoms with Crippen LogP contribution in [0, 0.1) is 5.92 Å². The minimum absolute atomic E-state index is 0.338. The first kappa shape index (κ1) is 11.5. The van der Waals surface area contributed by atoms with Crippen molar-refractivity contribution >= 4 is 5.97 Å². The summed E-state index contributed by atoms with van der Waals surface area (Å²) in [4.78, 5) is 12.9. The Morgan fingerprint density at radius 3 is 3.00 bits per heavy atom. The van der Waals surface area contributed by atoms with Gasteiger partial charge in [-0.2, -0.15) is 0 Å². The number of carboxylic acids is 1. The van der Waals surface area contributed by atoms with Crippen LogP contribution in [0.5, 0.6) is 0 Å². The predicted molar refractivity (Wildman–Crippen MR) is 55.3 cm³/mol. The molecule has 2 N–H and O–H groups in total. The lowest BCUT2D eigenvalue weighted by atomic mass is 9.97. The van der Waals surface area contributed by atoms with Gasteiger partial charge in [0.1, 0.15) is 6.04 Å². The van der Waals surface area contributed by atoms with E-state index in [0.717, 1.165) is 26.1 Å². The van der Waals surface area contributed by atoms with E-state index >= 15 is 0 Å². The van der Waals surface area contributed by atoms with Gasteiger partial charge in [-0.1, -0.05) is 0 Å². The van der Waals surface area contributed by atoms with Crippen LogP contribution in [0.1, 0.15) is 19.8 Å². The van der Waals surface area contributed by atoms with E-state index in [1.54, 1.807) is 6.92 Å². The van der Waals surface area contributed by atoms with E-state index in [1.165, 1.54) is 6.42 Å². The van der Waals surface area contributed by atoms with Gasteiger partial charge in [0.25, 0.3) is 0 Å². The number of piperidine rings is 1. The lowest BCUT2D eigenvalue weighted by molar-refractivity contribution is -0.143. The van der Waals surface area contributed by atoms with Crippen LogP contribution in [0.4, 0.5) is 0 Å². The van der Waals surface area contributed by atoms with Crippen LogP contribution >= 0.6 is 0 Å². The number of carbonyl (C=O) groups is 1. The Kier molecular flexibility index (Phi) is 4.35. The highest BCUT2D eigenvalue weighted by molar-refractivity contribution is 5.72. The Morgan fingerprint density at radius 2 is 2.43 bits per heavy atom. The molecular formula is C10H20N2O2. The Morgan fingerprint density at radius 1 is 1.71 bits per heavy atom. The average Bonchev–Trinajstić information content (AvgIpc) is 2.17. The molecule has 2 unspecified atom stereocenters. The second-order valence-electron chi connectivity index (χ2n) is 4.08. The molecule has 1 rings (SSSR count). The van der Waals surface area contributed by atoms with Crippen LogP contribution in [0.3, 0.4) is 0 Å². The standard InChI is InChI=1S/C10H20N2O2/c1-8(10(13)14)12-5-3-4-9(7-12)6-11-2/h8-9,11H,3-7H2,1-2H3,(H,13,14). The zero-order valence-corrected chi connectivity index (χ0v) is 8.99. The zero-order chi connectivity index (χ0) is 10.6. The monoisotopic (exact) mass is 200 g/mol. The van der Waals surface area contributed by atoms with Gasteiger partial charge in [-0.15, -0.1) is 0 Å². The van der Waals surface area contributed by atoms with Crippen molar-refractivity contribution in [2.75, 3.05) is 26.7 Å². The Labute approximate surface area is 85.3 Å². The first-order chi connectivity index (χ1) is 6.65. The first-order valence-electron chi connectivity index (χ1n) is 5.26. The summed E-state index contributed by atoms with van der Waals surface area (Å²) in [6.45, 7) is 4.59. The summed E-state index contributed by atoms with van der Waals surface area (Å²) < 4.78 is 0. The van der Waals surface area contributed by atoms with Crippen LogP contribution in [0.25, 0.3) is 0 Å². The summed E-state index contributed by atoms with van der Waals surface area (Å²) in [7, 11) is 1.94. The Bertz CT molecular complexity index is 195. The zero-order valence-electron chi connectivity index (χ0n) is 8.99. The molecule has 0 aromatic rings. The number of nitrogens with one attached hydrogen (secondary N) is 1. The van der Waals surface area contributed by atoms with E-state index in [0.29, 0.717) is 5.92 Å². The summed E-state index contributed by atoms with van der Waals surface area (Å²) in [5, 5.41) is 12.0. The van der Waals surface area contributed by atoms with Crippen molar-refractivity contribution in [3.05, 3.63) is 0 Å². The molecule has 0 aromatic carbocycles. The van der Waals surface area contributed by atoms with Crippen LogP contribution < -0.4 is 5.32 Å². The van der Waals surface area contributed by atoms with Gasteiger partial charge in [0.05, 0.1) is 0 Å². The largest absolute Gasteiger partial charge is 0.480 e.